The fraction of sp³-hybridized carbons (Fsp3) is 0. The first-order chi connectivity index (χ1) is 9.83. The maximum atomic E-state index is 3.32. The van der Waals surface area contributed by atoms with Crippen molar-refractivity contribution >= 4 is 53.0 Å². The molecule has 1 aromatic heterocycles. The summed E-state index contributed by atoms with van der Waals surface area (Å²) in [7, 11) is 0. The van der Waals surface area contributed by atoms with Crippen molar-refractivity contribution in [2.24, 2.45) is 0 Å². The van der Waals surface area contributed by atoms with E-state index in [1.807, 2.05) is 11.3 Å². The van der Waals surface area contributed by atoms with Crippen molar-refractivity contribution in [1.82, 2.24) is 0 Å². The Bertz CT molecular complexity index is 1030. The van der Waals surface area contributed by atoms with Gasteiger partial charge in [-0.3, -0.25) is 0 Å². The molecule has 92 valence electrons. The molecule has 0 aliphatic heterocycles. The second-order valence-electron chi connectivity index (χ2n) is 4.47. The number of rotatable bonds is 1. The smallest absolute Gasteiger partial charge is 0.118 e. The summed E-state index contributed by atoms with van der Waals surface area (Å²) in [6, 6.07) is 14.9. The third kappa shape index (κ3) is 1.78. The molecular weight excluding hydrogens is 328 g/mol. The van der Waals surface area contributed by atoms with E-state index in [0.717, 1.165) is 15.6 Å². The molecule has 0 unspecified atom stereocenters. The Kier molecular flexibility index (Phi) is 2.67. The van der Waals surface area contributed by atoms with Crippen LogP contribution in [0, 0.1) is 11.8 Å². The molecule has 1 aliphatic rings. The zero-order valence-electron chi connectivity index (χ0n) is 10.3. The fourth-order valence-electron chi connectivity index (χ4n) is 2.38. The van der Waals surface area contributed by atoms with Gasteiger partial charge >= 0.3 is 0 Å². The van der Waals surface area contributed by atoms with Crippen LogP contribution < -0.4 is 0 Å². The van der Waals surface area contributed by atoms with E-state index in [4.69, 9.17) is 0 Å². The van der Waals surface area contributed by atoms with Gasteiger partial charge in [-0.15, -0.1) is 11.3 Å². The minimum Gasteiger partial charge on any atom is -0.134 e. The second-order valence-corrected chi connectivity index (χ2v) is 6.31. The van der Waals surface area contributed by atoms with Crippen molar-refractivity contribution in [3.8, 4) is 11.8 Å². The molecule has 1 aliphatic carbocycles. The molecule has 0 nitrogen and oxygen atoms in total. The molecule has 0 atom stereocenters. The highest BCUT2D eigenvalue weighted by molar-refractivity contribution is 9.12. The molecule has 0 saturated heterocycles. The number of fused-ring (bicyclic) bond motifs is 3. The SMILES string of the molecule is BrC1=C=C=C(c2cccc3c2sc2ccccc23)C#C1. The first-order valence-corrected chi connectivity index (χ1v) is 7.78. The molecule has 0 fully saturated rings. The Balaban J connectivity index is 2.13. The van der Waals surface area contributed by atoms with E-state index < -0.39 is 0 Å². The van der Waals surface area contributed by atoms with Crippen LogP contribution in [-0.2, 0) is 0 Å². The van der Waals surface area contributed by atoms with Gasteiger partial charge in [0.1, 0.15) is 4.48 Å². The van der Waals surface area contributed by atoms with Gasteiger partial charge in [-0.25, -0.2) is 0 Å². The Labute approximate surface area is 128 Å². The molecule has 2 aromatic carbocycles. The summed E-state index contributed by atoms with van der Waals surface area (Å²) >= 11 is 5.13. The van der Waals surface area contributed by atoms with Crippen LogP contribution in [0.5, 0.6) is 0 Å². The maximum Gasteiger partial charge on any atom is 0.118 e. The van der Waals surface area contributed by atoms with Gasteiger partial charge in [0.25, 0.3) is 0 Å². The van der Waals surface area contributed by atoms with E-state index >= 15 is 0 Å². The lowest BCUT2D eigenvalue weighted by molar-refractivity contribution is 1.76. The molecule has 0 amide bonds. The molecule has 0 radical (unpaired) electrons. The van der Waals surface area contributed by atoms with Crippen molar-refractivity contribution in [2.45, 2.75) is 0 Å². The predicted octanol–water partition coefficient (Wildman–Crippen LogP) is 5.49. The zero-order chi connectivity index (χ0) is 13.5. The normalized spacial score (nSPS) is 13.1. The van der Waals surface area contributed by atoms with Gasteiger partial charge in [0.2, 0.25) is 0 Å². The number of halogens is 1. The molecule has 0 spiro atoms. The quantitative estimate of drug-likeness (QED) is 0.408. The highest BCUT2D eigenvalue weighted by atomic mass is 79.9. The summed E-state index contributed by atoms with van der Waals surface area (Å²) in [5.41, 5.74) is 8.19. The van der Waals surface area contributed by atoms with Crippen LogP contribution in [-0.4, -0.2) is 0 Å². The number of hydrogen-bond donors (Lipinski definition) is 0. The number of benzene rings is 2. The number of hydrogen-bond acceptors (Lipinski definition) is 1. The van der Waals surface area contributed by atoms with Crippen molar-refractivity contribution in [2.75, 3.05) is 0 Å². The fourth-order valence-corrected chi connectivity index (χ4v) is 3.80. The lowest BCUT2D eigenvalue weighted by Gasteiger charge is -2.00. The van der Waals surface area contributed by atoms with Gasteiger partial charge in [0.05, 0.1) is 5.57 Å². The maximum absolute atomic E-state index is 3.32. The van der Waals surface area contributed by atoms with Crippen molar-refractivity contribution in [1.29, 1.82) is 0 Å². The largest absolute Gasteiger partial charge is 0.134 e. The highest BCUT2D eigenvalue weighted by Crippen LogP contribution is 2.37. The topological polar surface area (TPSA) is 0 Å². The third-order valence-corrected chi connectivity index (χ3v) is 4.88. The van der Waals surface area contributed by atoms with Gasteiger partial charge < -0.3 is 0 Å². The van der Waals surface area contributed by atoms with Crippen LogP contribution in [0.2, 0.25) is 0 Å². The zero-order valence-corrected chi connectivity index (χ0v) is 12.7. The second kappa shape index (κ2) is 4.53. The average Bonchev–Trinajstić information content (AvgIpc) is 2.87. The van der Waals surface area contributed by atoms with E-state index in [2.05, 4.69) is 81.7 Å². The van der Waals surface area contributed by atoms with Crippen LogP contribution in [0.4, 0.5) is 0 Å². The van der Waals surface area contributed by atoms with Crippen molar-refractivity contribution < 1.29 is 0 Å². The Hall–Kier alpha value is -2.00. The van der Waals surface area contributed by atoms with E-state index in [0.29, 0.717) is 0 Å². The summed E-state index contributed by atoms with van der Waals surface area (Å²) in [6.07, 6.45) is 0. The standard InChI is InChI=1S/C18H7BrS/c19-13-10-8-12(9-11-13)14-5-3-6-16-15-4-1-2-7-17(15)20-18(14)16/h1-7H. The lowest BCUT2D eigenvalue weighted by Crippen LogP contribution is -1.82. The van der Waals surface area contributed by atoms with Crippen molar-refractivity contribution in [3.63, 3.8) is 0 Å². The highest BCUT2D eigenvalue weighted by Gasteiger charge is 2.10. The third-order valence-electron chi connectivity index (χ3n) is 3.27. The van der Waals surface area contributed by atoms with Crippen LogP contribution >= 0.6 is 27.3 Å². The first-order valence-electron chi connectivity index (χ1n) is 6.17. The molecule has 0 N–H and O–H groups in total. The molecule has 4 rings (SSSR count). The van der Waals surface area contributed by atoms with E-state index in [1.165, 1.54) is 20.2 Å². The lowest BCUT2D eigenvalue weighted by atomic mass is 10.0. The van der Waals surface area contributed by atoms with Gasteiger partial charge in [-0.05, 0) is 33.6 Å². The van der Waals surface area contributed by atoms with Gasteiger partial charge in [-0.2, -0.15) is 0 Å². The molecule has 2 heteroatoms. The molecule has 3 aromatic rings. The minimum atomic E-state index is 0.754. The molecule has 1 heterocycles. The van der Waals surface area contributed by atoms with Crippen LogP contribution in [0.25, 0.3) is 25.7 Å². The van der Waals surface area contributed by atoms with Gasteiger partial charge in [0.15, 0.2) is 0 Å². The summed E-state index contributed by atoms with van der Waals surface area (Å²) in [5.74, 6) is 6.14. The van der Waals surface area contributed by atoms with Gasteiger partial charge in [0, 0.05) is 25.7 Å². The molecule has 0 saturated carbocycles. The number of thiophene rings is 1. The summed E-state index contributed by atoms with van der Waals surface area (Å²) < 4.78 is 3.33. The van der Waals surface area contributed by atoms with Crippen LogP contribution in [0.15, 0.2) is 58.4 Å². The Morgan fingerprint density at radius 3 is 2.55 bits per heavy atom. The summed E-state index contributed by atoms with van der Waals surface area (Å²) in [4.78, 5) is 0. The minimum absolute atomic E-state index is 0.754. The number of allylic oxidation sites excluding steroid dienone is 2. The van der Waals surface area contributed by atoms with E-state index in [-0.39, 0.29) is 0 Å². The predicted molar refractivity (Wildman–Crippen MR) is 90.0 cm³/mol. The van der Waals surface area contributed by atoms with Crippen LogP contribution in [0.1, 0.15) is 5.56 Å². The van der Waals surface area contributed by atoms with Gasteiger partial charge in [-0.1, -0.05) is 48.0 Å². The summed E-state index contributed by atoms with van der Waals surface area (Å²) in [6.45, 7) is 0. The average molecular weight is 335 g/mol. The Morgan fingerprint density at radius 1 is 0.850 bits per heavy atom. The first kappa shape index (κ1) is 11.8. The van der Waals surface area contributed by atoms with Crippen molar-refractivity contribution in [3.05, 3.63) is 64.0 Å². The van der Waals surface area contributed by atoms with Crippen LogP contribution in [0.3, 0.4) is 0 Å². The van der Waals surface area contributed by atoms with E-state index in [9.17, 15) is 0 Å². The summed E-state index contributed by atoms with van der Waals surface area (Å²) in [5, 5.41) is 2.59. The molecule has 20 heavy (non-hydrogen) atoms. The Morgan fingerprint density at radius 2 is 1.70 bits per heavy atom. The molecular formula is C18H7BrS. The monoisotopic (exact) mass is 334 g/mol. The molecule has 0 bridgehead atoms. The van der Waals surface area contributed by atoms with E-state index in [1.54, 1.807) is 0 Å².